The van der Waals surface area contributed by atoms with Crippen molar-refractivity contribution in [2.45, 2.75) is 17.7 Å². The summed E-state index contributed by atoms with van der Waals surface area (Å²) in [6.45, 7) is 0.322. The number of nitrogens with zero attached hydrogens (tertiary/aromatic N) is 1. The molecule has 0 radical (unpaired) electrons. The van der Waals surface area contributed by atoms with E-state index in [9.17, 15) is 18.0 Å². The quantitative estimate of drug-likeness (QED) is 0.558. The number of anilines is 1. The first-order chi connectivity index (χ1) is 16.2. The second-order valence-electron chi connectivity index (χ2n) is 7.61. The van der Waals surface area contributed by atoms with Gasteiger partial charge in [0.25, 0.3) is 0 Å². The lowest BCUT2D eigenvalue weighted by Gasteiger charge is -2.31. The number of carbonyl (C=O) groups excluding carboxylic acids is 2. The van der Waals surface area contributed by atoms with Crippen molar-refractivity contribution in [1.29, 1.82) is 0 Å². The van der Waals surface area contributed by atoms with Gasteiger partial charge in [-0.25, -0.2) is 13.2 Å². The minimum atomic E-state index is -3.78. The van der Waals surface area contributed by atoms with Crippen molar-refractivity contribution >= 4 is 27.6 Å². The summed E-state index contributed by atoms with van der Waals surface area (Å²) in [4.78, 5) is 25.5. The van der Waals surface area contributed by atoms with E-state index in [1.165, 1.54) is 57.0 Å². The van der Waals surface area contributed by atoms with E-state index in [2.05, 4.69) is 5.32 Å². The van der Waals surface area contributed by atoms with Crippen molar-refractivity contribution in [3.8, 4) is 17.2 Å². The number of sulfonamides is 1. The number of benzene rings is 2. The van der Waals surface area contributed by atoms with E-state index in [0.717, 1.165) is 0 Å². The Morgan fingerprint density at radius 2 is 1.62 bits per heavy atom. The van der Waals surface area contributed by atoms with Gasteiger partial charge >= 0.3 is 5.97 Å². The molecule has 0 bridgehead atoms. The lowest BCUT2D eigenvalue weighted by atomic mass is 9.98. The Bertz CT molecular complexity index is 1150. The van der Waals surface area contributed by atoms with Crippen molar-refractivity contribution in [2.75, 3.05) is 46.8 Å². The molecule has 1 atom stereocenters. The van der Waals surface area contributed by atoms with E-state index in [1.807, 2.05) is 0 Å². The molecule has 1 heterocycles. The number of ether oxygens (including phenoxy) is 4. The molecule has 0 unspecified atom stereocenters. The number of esters is 1. The summed E-state index contributed by atoms with van der Waals surface area (Å²) in [5, 5.41) is 2.74. The molecule has 0 saturated carbocycles. The van der Waals surface area contributed by atoms with Crippen LogP contribution in [0.25, 0.3) is 0 Å². The Labute approximate surface area is 198 Å². The van der Waals surface area contributed by atoms with Crippen LogP contribution in [0.5, 0.6) is 17.2 Å². The van der Waals surface area contributed by atoms with Gasteiger partial charge in [-0.15, -0.1) is 0 Å². The number of hydrogen-bond acceptors (Lipinski definition) is 8. The van der Waals surface area contributed by atoms with Crippen LogP contribution in [0, 0.1) is 5.92 Å². The molecule has 1 amide bonds. The summed E-state index contributed by atoms with van der Waals surface area (Å²) in [6, 6.07) is 8.99. The van der Waals surface area contributed by atoms with Crippen LogP contribution in [0.1, 0.15) is 23.2 Å². The summed E-state index contributed by atoms with van der Waals surface area (Å²) in [6.07, 6.45) is 1.02. The molecule has 0 aliphatic carbocycles. The SMILES string of the molecule is COC(=O)c1cc(OC)c(OC)cc1NC(=O)[C@@H]1CCCN(S(=O)(=O)c2ccc(OC)cc2)C1. The van der Waals surface area contributed by atoms with Gasteiger partial charge in [-0.2, -0.15) is 4.31 Å². The first-order valence-corrected chi connectivity index (χ1v) is 12.0. The molecule has 1 aliphatic heterocycles. The molecule has 1 aliphatic rings. The minimum absolute atomic E-state index is 0.0149. The van der Waals surface area contributed by atoms with Crippen LogP contribution in [-0.4, -0.2) is 66.1 Å². The third-order valence-corrected chi connectivity index (χ3v) is 7.52. The fourth-order valence-corrected chi connectivity index (χ4v) is 5.29. The highest BCUT2D eigenvalue weighted by Crippen LogP contribution is 2.34. The summed E-state index contributed by atoms with van der Waals surface area (Å²) in [7, 11) is 1.81. The van der Waals surface area contributed by atoms with Crippen molar-refractivity contribution < 1.29 is 37.0 Å². The Morgan fingerprint density at radius 1 is 0.971 bits per heavy atom. The molecule has 1 saturated heterocycles. The maximum atomic E-state index is 13.1. The van der Waals surface area contributed by atoms with Crippen molar-refractivity contribution in [3.63, 3.8) is 0 Å². The monoisotopic (exact) mass is 492 g/mol. The molecule has 184 valence electrons. The number of rotatable bonds is 8. The number of amides is 1. The topological polar surface area (TPSA) is 120 Å². The highest BCUT2D eigenvalue weighted by Gasteiger charge is 2.34. The molecule has 2 aromatic carbocycles. The predicted molar refractivity (Wildman–Crippen MR) is 124 cm³/mol. The van der Waals surface area contributed by atoms with Gasteiger partial charge in [0.2, 0.25) is 15.9 Å². The minimum Gasteiger partial charge on any atom is -0.497 e. The normalized spacial score (nSPS) is 16.4. The predicted octanol–water partition coefficient (Wildman–Crippen LogP) is 2.54. The standard InChI is InChI=1S/C23H28N2O8S/c1-30-16-7-9-17(10-8-16)34(28,29)25-11-5-6-15(14-25)22(26)24-19-13-21(32-3)20(31-2)12-18(19)23(27)33-4/h7-10,12-13,15H,5-6,11,14H2,1-4H3,(H,24,26)/t15-/m1/s1. The van der Waals surface area contributed by atoms with E-state index in [1.54, 1.807) is 12.1 Å². The van der Waals surface area contributed by atoms with Crippen LogP contribution in [0.4, 0.5) is 5.69 Å². The summed E-state index contributed by atoms with van der Waals surface area (Å²) < 4.78 is 47.9. The number of nitrogens with one attached hydrogen (secondary N) is 1. The fraction of sp³-hybridized carbons (Fsp3) is 0.391. The van der Waals surface area contributed by atoms with E-state index >= 15 is 0 Å². The van der Waals surface area contributed by atoms with Gasteiger partial charge < -0.3 is 24.3 Å². The van der Waals surface area contributed by atoms with Crippen LogP contribution in [0.15, 0.2) is 41.3 Å². The smallest absolute Gasteiger partial charge is 0.340 e. The van der Waals surface area contributed by atoms with Crippen LogP contribution in [0.2, 0.25) is 0 Å². The molecule has 0 aromatic heterocycles. The Morgan fingerprint density at radius 3 is 2.21 bits per heavy atom. The van der Waals surface area contributed by atoms with Gasteiger partial charge in [0, 0.05) is 25.2 Å². The van der Waals surface area contributed by atoms with Crippen molar-refractivity contribution in [3.05, 3.63) is 42.0 Å². The molecule has 0 spiro atoms. The second-order valence-corrected chi connectivity index (χ2v) is 9.55. The Hall–Kier alpha value is -3.31. The average Bonchev–Trinajstić information content (AvgIpc) is 2.87. The lowest BCUT2D eigenvalue weighted by Crippen LogP contribution is -2.43. The van der Waals surface area contributed by atoms with Gasteiger partial charge in [0.1, 0.15) is 5.75 Å². The first-order valence-electron chi connectivity index (χ1n) is 10.5. The largest absolute Gasteiger partial charge is 0.497 e. The van der Waals surface area contributed by atoms with Crippen LogP contribution in [-0.2, 0) is 19.6 Å². The Kier molecular flexibility index (Phi) is 8.00. The average molecular weight is 493 g/mol. The van der Waals surface area contributed by atoms with E-state index in [4.69, 9.17) is 18.9 Å². The van der Waals surface area contributed by atoms with Crippen LogP contribution >= 0.6 is 0 Å². The van der Waals surface area contributed by atoms with Gasteiger partial charge in [-0.3, -0.25) is 4.79 Å². The molecule has 3 rings (SSSR count). The molecular weight excluding hydrogens is 464 g/mol. The van der Waals surface area contributed by atoms with Crippen LogP contribution in [0.3, 0.4) is 0 Å². The summed E-state index contributed by atoms with van der Waals surface area (Å²) >= 11 is 0. The number of carbonyl (C=O) groups is 2. The zero-order chi connectivity index (χ0) is 24.9. The lowest BCUT2D eigenvalue weighted by molar-refractivity contribution is -0.120. The van der Waals surface area contributed by atoms with Gasteiger partial charge in [-0.1, -0.05) is 0 Å². The molecule has 34 heavy (non-hydrogen) atoms. The molecule has 10 nitrogen and oxygen atoms in total. The Balaban J connectivity index is 1.82. The molecular formula is C23H28N2O8S. The third-order valence-electron chi connectivity index (χ3n) is 5.64. The summed E-state index contributed by atoms with van der Waals surface area (Å²) in [5.41, 5.74) is 0.275. The van der Waals surface area contributed by atoms with Crippen LogP contribution < -0.4 is 19.5 Å². The van der Waals surface area contributed by atoms with Gasteiger partial charge in [-0.05, 0) is 37.1 Å². The molecule has 2 aromatic rings. The maximum absolute atomic E-state index is 13.1. The molecule has 1 fully saturated rings. The van der Waals surface area contributed by atoms with Gasteiger partial charge in [0.15, 0.2) is 11.5 Å². The molecule has 1 N–H and O–H groups in total. The number of piperidine rings is 1. The first kappa shape index (κ1) is 25.3. The zero-order valence-corrected chi connectivity index (χ0v) is 20.3. The van der Waals surface area contributed by atoms with Crippen molar-refractivity contribution in [1.82, 2.24) is 4.31 Å². The fourth-order valence-electron chi connectivity index (χ4n) is 3.77. The summed E-state index contributed by atoms with van der Waals surface area (Å²) in [5.74, 6) is -0.518. The third kappa shape index (κ3) is 5.26. The van der Waals surface area contributed by atoms with Gasteiger partial charge in [0.05, 0.1) is 50.5 Å². The highest BCUT2D eigenvalue weighted by molar-refractivity contribution is 7.89. The highest BCUT2D eigenvalue weighted by atomic mass is 32.2. The van der Waals surface area contributed by atoms with E-state index in [-0.39, 0.29) is 22.7 Å². The van der Waals surface area contributed by atoms with Crippen molar-refractivity contribution in [2.24, 2.45) is 5.92 Å². The second kappa shape index (κ2) is 10.7. The molecule has 11 heteroatoms. The van der Waals surface area contributed by atoms with E-state index < -0.39 is 27.8 Å². The number of methoxy groups -OCH3 is 4. The maximum Gasteiger partial charge on any atom is 0.340 e. The number of hydrogen-bond donors (Lipinski definition) is 1. The van der Waals surface area contributed by atoms with E-state index in [0.29, 0.717) is 36.6 Å². The zero-order valence-electron chi connectivity index (χ0n) is 19.5.